The summed E-state index contributed by atoms with van der Waals surface area (Å²) in [6, 6.07) is 2.27. The molecule has 0 radical (unpaired) electrons. The fourth-order valence-electron chi connectivity index (χ4n) is 2.92. The quantitative estimate of drug-likeness (QED) is 0.757. The van der Waals surface area contributed by atoms with Crippen LogP contribution in [0.3, 0.4) is 0 Å². The molecule has 0 spiro atoms. The molecule has 4 nitrogen and oxygen atoms in total. The molecule has 0 heterocycles. The van der Waals surface area contributed by atoms with Gasteiger partial charge in [0, 0.05) is 13.0 Å². The molecular formula is C14H22N2O2. The van der Waals surface area contributed by atoms with Crippen LogP contribution in [0.2, 0.25) is 0 Å². The first kappa shape index (κ1) is 13.4. The Morgan fingerprint density at radius 3 is 2.50 bits per heavy atom. The van der Waals surface area contributed by atoms with Crippen LogP contribution >= 0.6 is 0 Å². The van der Waals surface area contributed by atoms with Crippen LogP contribution in [0.1, 0.15) is 44.9 Å². The zero-order valence-corrected chi connectivity index (χ0v) is 10.8. The Morgan fingerprint density at radius 2 is 2.00 bits per heavy atom. The van der Waals surface area contributed by atoms with Gasteiger partial charge in [-0.3, -0.25) is 4.79 Å². The molecule has 0 aromatic carbocycles. The van der Waals surface area contributed by atoms with E-state index in [0.717, 1.165) is 38.8 Å². The van der Waals surface area contributed by atoms with Gasteiger partial charge in [-0.15, -0.1) is 0 Å². The van der Waals surface area contributed by atoms with Gasteiger partial charge in [-0.25, -0.2) is 0 Å². The Balaban J connectivity index is 1.61. The lowest BCUT2D eigenvalue weighted by atomic mass is 9.82. The maximum atomic E-state index is 10.8. The van der Waals surface area contributed by atoms with E-state index in [2.05, 4.69) is 11.4 Å². The number of carbonyl (C=O) groups is 1. The molecule has 0 bridgehead atoms. The van der Waals surface area contributed by atoms with E-state index in [0.29, 0.717) is 12.3 Å². The van der Waals surface area contributed by atoms with Gasteiger partial charge in [0.15, 0.2) is 0 Å². The number of rotatable bonds is 6. The minimum atomic E-state index is -0.632. The highest BCUT2D eigenvalue weighted by molar-refractivity contribution is 5.69. The highest BCUT2D eigenvalue weighted by atomic mass is 16.4. The van der Waals surface area contributed by atoms with Crippen molar-refractivity contribution < 1.29 is 9.90 Å². The van der Waals surface area contributed by atoms with Gasteiger partial charge in [0.1, 0.15) is 0 Å². The van der Waals surface area contributed by atoms with Gasteiger partial charge in [-0.2, -0.15) is 5.26 Å². The van der Waals surface area contributed by atoms with Crippen LogP contribution in [0, 0.1) is 28.6 Å². The van der Waals surface area contributed by atoms with Gasteiger partial charge >= 0.3 is 5.97 Å². The minimum absolute atomic E-state index is 0.116. The van der Waals surface area contributed by atoms with E-state index < -0.39 is 5.97 Å². The molecule has 2 aliphatic carbocycles. The summed E-state index contributed by atoms with van der Waals surface area (Å²) in [6.07, 6.45) is 6.73. The van der Waals surface area contributed by atoms with Crippen LogP contribution in [0.15, 0.2) is 0 Å². The topological polar surface area (TPSA) is 73.1 Å². The summed E-state index contributed by atoms with van der Waals surface area (Å²) < 4.78 is 0. The second-order valence-corrected chi connectivity index (χ2v) is 6.02. The highest BCUT2D eigenvalue weighted by Gasteiger charge is 2.41. The predicted octanol–water partition coefficient (Wildman–Crippen LogP) is 2.16. The fraction of sp³-hybridized carbons (Fsp3) is 0.857. The predicted molar refractivity (Wildman–Crippen MR) is 67.9 cm³/mol. The van der Waals surface area contributed by atoms with Crippen molar-refractivity contribution in [2.24, 2.45) is 17.3 Å². The SMILES string of the molecule is N#CCC1(CNCC2CCC(C(=O)O)CC2)CC1. The zero-order valence-electron chi connectivity index (χ0n) is 10.8. The zero-order chi connectivity index (χ0) is 13.0. The summed E-state index contributed by atoms with van der Waals surface area (Å²) in [7, 11) is 0. The van der Waals surface area contributed by atoms with E-state index in [9.17, 15) is 4.79 Å². The lowest BCUT2D eigenvalue weighted by Gasteiger charge is -2.26. The van der Waals surface area contributed by atoms with Crippen LogP contribution < -0.4 is 5.32 Å². The van der Waals surface area contributed by atoms with Gasteiger partial charge in [0.25, 0.3) is 0 Å². The summed E-state index contributed by atoms with van der Waals surface area (Å²) in [5, 5.41) is 21.2. The minimum Gasteiger partial charge on any atom is -0.481 e. The highest BCUT2D eigenvalue weighted by Crippen LogP contribution is 2.47. The molecular weight excluding hydrogens is 228 g/mol. The second kappa shape index (κ2) is 5.71. The molecule has 0 aliphatic heterocycles. The lowest BCUT2D eigenvalue weighted by molar-refractivity contribution is -0.143. The molecule has 0 atom stereocenters. The smallest absolute Gasteiger partial charge is 0.306 e. The van der Waals surface area contributed by atoms with Gasteiger partial charge in [0.2, 0.25) is 0 Å². The standard InChI is InChI=1S/C14H22N2O2/c15-8-7-14(5-6-14)10-16-9-11-1-3-12(4-2-11)13(17)18/h11-12,16H,1-7,9-10H2,(H,17,18). The average molecular weight is 250 g/mol. The van der Waals surface area contributed by atoms with Crippen LogP contribution in [0.5, 0.6) is 0 Å². The van der Waals surface area contributed by atoms with E-state index in [4.69, 9.17) is 10.4 Å². The summed E-state index contributed by atoms with van der Waals surface area (Å²) in [6.45, 7) is 1.94. The van der Waals surface area contributed by atoms with Gasteiger partial charge in [-0.05, 0) is 56.4 Å². The van der Waals surface area contributed by atoms with Gasteiger partial charge in [0.05, 0.1) is 12.0 Å². The van der Waals surface area contributed by atoms with Crippen molar-refractivity contribution in [3.8, 4) is 6.07 Å². The van der Waals surface area contributed by atoms with E-state index in [1.165, 1.54) is 12.8 Å². The first-order chi connectivity index (χ1) is 8.65. The monoisotopic (exact) mass is 250 g/mol. The van der Waals surface area contributed by atoms with E-state index in [1.54, 1.807) is 0 Å². The molecule has 0 saturated heterocycles. The first-order valence-corrected chi connectivity index (χ1v) is 6.96. The largest absolute Gasteiger partial charge is 0.481 e. The van der Waals surface area contributed by atoms with Crippen LogP contribution in [-0.4, -0.2) is 24.2 Å². The maximum Gasteiger partial charge on any atom is 0.306 e. The number of hydrogen-bond acceptors (Lipinski definition) is 3. The fourth-order valence-corrected chi connectivity index (χ4v) is 2.92. The Bertz CT molecular complexity index is 336. The van der Waals surface area contributed by atoms with Crippen LogP contribution in [0.25, 0.3) is 0 Å². The third kappa shape index (κ3) is 3.46. The van der Waals surface area contributed by atoms with Crippen molar-refractivity contribution in [2.45, 2.75) is 44.9 Å². The second-order valence-electron chi connectivity index (χ2n) is 6.02. The molecule has 4 heteroatoms. The normalized spacial score (nSPS) is 29.5. The lowest BCUT2D eigenvalue weighted by Crippen LogP contribution is -2.32. The third-order valence-corrected chi connectivity index (χ3v) is 4.54. The summed E-state index contributed by atoms with van der Waals surface area (Å²) in [5.41, 5.74) is 0.271. The van der Waals surface area contributed by atoms with E-state index in [1.807, 2.05) is 0 Å². The van der Waals surface area contributed by atoms with Gasteiger partial charge < -0.3 is 10.4 Å². The Labute approximate surface area is 108 Å². The number of carboxylic acid groups (broad SMARTS) is 1. The van der Waals surface area contributed by atoms with E-state index in [-0.39, 0.29) is 11.3 Å². The molecule has 2 fully saturated rings. The summed E-state index contributed by atoms with van der Waals surface area (Å²) in [5.74, 6) is -0.125. The van der Waals surface area contributed by atoms with Crippen molar-refractivity contribution in [1.82, 2.24) is 5.32 Å². The third-order valence-electron chi connectivity index (χ3n) is 4.54. The van der Waals surface area contributed by atoms with Crippen molar-refractivity contribution >= 4 is 5.97 Å². The molecule has 2 N–H and O–H groups in total. The maximum absolute atomic E-state index is 10.8. The molecule has 2 aliphatic rings. The Kier molecular flexibility index (Phi) is 4.23. The number of carboxylic acids is 1. The Hall–Kier alpha value is -1.08. The number of aliphatic carboxylic acids is 1. The molecule has 2 rings (SSSR count). The van der Waals surface area contributed by atoms with Gasteiger partial charge in [-0.1, -0.05) is 0 Å². The number of nitriles is 1. The molecule has 18 heavy (non-hydrogen) atoms. The number of nitrogens with one attached hydrogen (secondary N) is 1. The van der Waals surface area contributed by atoms with E-state index >= 15 is 0 Å². The molecule has 0 amide bonds. The first-order valence-electron chi connectivity index (χ1n) is 6.96. The summed E-state index contributed by atoms with van der Waals surface area (Å²) in [4.78, 5) is 10.8. The number of hydrogen-bond donors (Lipinski definition) is 2. The van der Waals surface area contributed by atoms with Crippen LogP contribution in [-0.2, 0) is 4.79 Å². The molecule has 100 valence electrons. The molecule has 2 saturated carbocycles. The number of nitrogens with zero attached hydrogens (tertiary/aromatic N) is 1. The summed E-state index contributed by atoms with van der Waals surface area (Å²) >= 11 is 0. The molecule has 0 aromatic rings. The van der Waals surface area contributed by atoms with Crippen molar-refractivity contribution in [3.05, 3.63) is 0 Å². The average Bonchev–Trinajstić information content (AvgIpc) is 3.10. The van der Waals surface area contributed by atoms with Crippen LogP contribution in [0.4, 0.5) is 0 Å². The molecule has 0 aromatic heterocycles. The van der Waals surface area contributed by atoms with Crippen molar-refractivity contribution in [1.29, 1.82) is 5.26 Å². The Morgan fingerprint density at radius 1 is 1.33 bits per heavy atom. The molecule has 0 unspecified atom stereocenters. The van der Waals surface area contributed by atoms with Crippen molar-refractivity contribution in [2.75, 3.05) is 13.1 Å². The van der Waals surface area contributed by atoms with Crippen molar-refractivity contribution in [3.63, 3.8) is 0 Å².